The highest BCUT2D eigenvalue weighted by Crippen LogP contribution is 2.43. The van der Waals surface area contributed by atoms with Crippen LogP contribution in [0.15, 0.2) is 11.4 Å². The van der Waals surface area contributed by atoms with Gasteiger partial charge in [0.2, 0.25) is 5.91 Å². The number of nitrogens with zero attached hydrogens (tertiary/aromatic N) is 4. The van der Waals surface area contributed by atoms with Gasteiger partial charge in [-0.15, -0.1) is 23.7 Å². The van der Waals surface area contributed by atoms with Crippen molar-refractivity contribution < 1.29 is 9.53 Å². The summed E-state index contributed by atoms with van der Waals surface area (Å²) in [6.45, 7) is 8.30. The summed E-state index contributed by atoms with van der Waals surface area (Å²) in [6, 6.07) is 1.97. The van der Waals surface area contributed by atoms with Gasteiger partial charge in [0.05, 0.1) is 18.2 Å². The van der Waals surface area contributed by atoms with Crippen LogP contribution < -0.4 is 5.73 Å². The van der Waals surface area contributed by atoms with Crippen molar-refractivity contribution in [3.63, 3.8) is 0 Å². The second kappa shape index (κ2) is 8.71. The first-order valence-corrected chi connectivity index (χ1v) is 10.9. The summed E-state index contributed by atoms with van der Waals surface area (Å²) in [5.41, 5.74) is 7.40. The van der Waals surface area contributed by atoms with Crippen molar-refractivity contribution in [3.05, 3.63) is 33.5 Å². The number of carbonyl (C=O) groups excluding carboxylic acids is 1. The second-order valence-electron chi connectivity index (χ2n) is 8.18. The number of aryl methyl sites for hydroxylation is 1. The molecule has 0 unspecified atom stereocenters. The molecule has 2 N–H and O–H groups in total. The molecule has 0 bridgehead atoms. The van der Waals surface area contributed by atoms with Crippen molar-refractivity contribution in [2.45, 2.75) is 58.2 Å². The van der Waals surface area contributed by atoms with Gasteiger partial charge in [0.15, 0.2) is 0 Å². The molecule has 2 aromatic rings. The highest BCUT2D eigenvalue weighted by atomic mass is 35.5. The SMILES string of the molecule is Cc1nc([C@@H](N)C(C)C)n(CC(=O)N2CCC3(CC2)OCCc2sccc23)n1.Cl. The van der Waals surface area contributed by atoms with Crippen LogP contribution in [0.1, 0.15) is 54.8 Å². The van der Waals surface area contributed by atoms with Crippen molar-refractivity contribution in [2.24, 2.45) is 11.7 Å². The topological polar surface area (TPSA) is 86.3 Å². The number of ether oxygens (including phenoxy) is 1. The second-order valence-corrected chi connectivity index (χ2v) is 9.18. The molecule has 160 valence electrons. The number of thiophene rings is 1. The molecule has 0 aromatic carbocycles. The van der Waals surface area contributed by atoms with Gasteiger partial charge in [0.25, 0.3) is 0 Å². The van der Waals surface area contributed by atoms with E-state index in [9.17, 15) is 4.79 Å². The average Bonchev–Trinajstić information content (AvgIpc) is 3.29. The molecule has 0 radical (unpaired) electrons. The smallest absolute Gasteiger partial charge is 0.244 e. The van der Waals surface area contributed by atoms with Crippen LogP contribution in [-0.2, 0) is 28.1 Å². The number of piperidine rings is 1. The van der Waals surface area contributed by atoms with E-state index in [4.69, 9.17) is 10.5 Å². The average molecular weight is 440 g/mol. The van der Waals surface area contributed by atoms with Crippen LogP contribution >= 0.6 is 23.7 Å². The number of likely N-dealkylation sites (tertiary alicyclic amines) is 1. The van der Waals surface area contributed by atoms with Crippen molar-refractivity contribution in [3.8, 4) is 0 Å². The van der Waals surface area contributed by atoms with Gasteiger partial charge in [-0.3, -0.25) is 4.79 Å². The van der Waals surface area contributed by atoms with Crippen molar-refractivity contribution in [1.82, 2.24) is 19.7 Å². The molecule has 1 spiro atoms. The highest BCUT2D eigenvalue weighted by molar-refractivity contribution is 7.10. The molecule has 1 amide bonds. The number of nitrogens with two attached hydrogens (primary N) is 1. The molecule has 1 fully saturated rings. The maximum Gasteiger partial charge on any atom is 0.244 e. The van der Waals surface area contributed by atoms with Gasteiger partial charge in [-0.2, -0.15) is 5.10 Å². The van der Waals surface area contributed by atoms with Gasteiger partial charge in [-0.1, -0.05) is 13.8 Å². The lowest BCUT2D eigenvalue weighted by Crippen LogP contribution is -2.48. The zero-order valence-corrected chi connectivity index (χ0v) is 18.9. The molecule has 0 saturated carbocycles. The summed E-state index contributed by atoms with van der Waals surface area (Å²) in [4.78, 5) is 20.8. The van der Waals surface area contributed by atoms with Gasteiger partial charge in [-0.05, 0) is 42.7 Å². The molecular weight excluding hydrogens is 410 g/mol. The molecule has 2 aromatic heterocycles. The molecule has 29 heavy (non-hydrogen) atoms. The molecule has 4 rings (SSSR count). The normalized spacial score (nSPS) is 19.1. The van der Waals surface area contributed by atoms with Gasteiger partial charge in [-0.25, -0.2) is 9.67 Å². The Bertz CT molecular complexity index is 857. The first-order chi connectivity index (χ1) is 13.4. The highest BCUT2D eigenvalue weighted by Gasteiger charge is 2.42. The fraction of sp³-hybridized carbons (Fsp3) is 0.650. The van der Waals surface area contributed by atoms with Crippen LogP contribution in [0.5, 0.6) is 0 Å². The quantitative estimate of drug-likeness (QED) is 0.791. The molecule has 2 aliphatic rings. The number of hydrogen-bond acceptors (Lipinski definition) is 6. The van der Waals surface area contributed by atoms with E-state index >= 15 is 0 Å². The van der Waals surface area contributed by atoms with E-state index in [-0.39, 0.29) is 42.4 Å². The van der Waals surface area contributed by atoms with Crippen LogP contribution in [0.25, 0.3) is 0 Å². The van der Waals surface area contributed by atoms with E-state index in [0.29, 0.717) is 24.7 Å². The molecule has 1 saturated heterocycles. The summed E-state index contributed by atoms with van der Waals surface area (Å²) < 4.78 is 7.92. The molecule has 7 nitrogen and oxygen atoms in total. The number of amides is 1. The first-order valence-electron chi connectivity index (χ1n) is 10.0. The number of carbonyl (C=O) groups is 1. The molecule has 1 atom stereocenters. The number of halogens is 1. The summed E-state index contributed by atoms with van der Waals surface area (Å²) in [5.74, 6) is 1.64. The minimum absolute atomic E-state index is 0. The Balaban J connectivity index is 0.00000240. The van der Waals surface area contributed by atoms with Crippen LogP contribution in [0, 0.1) is 12.8 Å². The Morgan fingerprint density at radius 1 is 1.38 bits per heavy atom. The Labute approximate surface area is 182 Å². The van der Waals surface area contributed by atoms with Crippen molar-refractivity contribution >= 4 is 29.7 Å². The van der Waals surface area contributed by atoms with Crippen LogP contribution in [0.3, 0.4) is 0 Å². The van der Waals surface area contributed by atoms with E-state index in [0.717, 1.165) is 25.9 Å². The van der Waals surface area contributed by atoms with Gasteiger partial charge in [0.1, 0.15) is 18.2 Å². The monoisotopic (exact) mass is 439 g/mol. The van der Waals surface area contributed by atoms with E-state index < -0.39 is 0 Å². The van der Waals surface area contributed by atoms with Crippen LogP contribution in [0.4, 0.5) is 0 Å². The van der Waals surface area contributed by atoms with E-state index in [2.05, 4.69) is 21.5 Å². The van der Waals surface area contributed by atoms with Crippen molar-refractivity contribution in [1.29, 1.82) is 0 Å². The van der Waals surface area contributed by atoms with Gasteiger partial charge < -0.3 is 15.4 Å². The zero-order valence-electron chi connectivity index (χ0n) is 17.3. The lowest BCUT2D eigenvalue weighted by molar-refractivity contribution is -0.141. The number of rotatable bonds is 4. The number of aromatic nitrogens is 3. The summed E-state index contributed by atoms with van der Waals surface area (Å²) in [5, 5.41) is 6.57. The Hall–Kier alpha value is -1.48. The third kappa shape index (κ3) is 4.21. The molecule has 4 heterocycles. The molecule has 0 aliphatic carbocycles. The predicted molar refractivity (Wildman–Crippen MR) is 115 cm³/mol. The van der Waals surface area contributed by atoms with E-state index in [1.54, 1.807) is 4.68 Å². The largest absolute Gasteiger partial charge is 0.370 e. The third-order valence-corrected chi connectivity index (χ3v) is 6.96. The van der Waals surface area contributed by atoms with E-state index in [1.165, 1.54) is 10.4 Å². The van der Waals surface area contributed by atoms with E-state index in [1.807, 2.05) is 37.0 Å². The third-order valence-electron chi connectivity index (χ3n) is 5.98. The number of hydrogen-bond donors (Lipinski definition) is 1. The van der Waals surface area contributed by atoms with Gasteiger partial charge in [0, 0.05) is 24.4 Å². The standard InChI is InChI=1S/C20H29N5O2S.ClH/c1-13(2)18(21)19-22-14(3)23-25(19)12-17(26)24-8-6-20(7-9-24)15-5-11-28-16(15)4-10-27-20;/h5,11,13,18H,4,6-10,12,21H2,1-3H3;1H/t18-;/m0./s1. The molecule has 2 aliphatic heterocycles. The van der Waals surface area contributed by atoms with Crippen LogP contribution in [0.2, 0.25) is 0 Å². The minimum atomic E-state index is -0.230. The fourth-order valence-electron chi connectivity index (χ4n) is 4.25. The summed E-state index contributed by atoms with van der Waals surface area (Å²) >= 11 is 1.82. The molecule has 9 heteroatoms. The Kier molecular flexibility index (Phi) is 6.67. The minimum Gasteiger partial charge on any atom is -0.370 e. The predicted octanol–water partition coefficient (Wildman–Crippen LogP) is 2.82. The Morgan fingerprint density at radius 2 is 2.10 bits per heavy atom. The van der Waals surface area contributed by atoms with Gasteiger partial charge >= 0.3 is 0 Å². The lowest BCUT2D eigenvalue weighted by Gasteiger charge is -2.44. The maximum atomic E-state index is 12.9. The van der Waals surface area contributed by atoms with Crippen LogP contribution in [-0.4, -0.2) is 45.3 Å². The lowest BCUT2D eigenvalue weighted by atomic mass is 9.82. The Morgan fingerprint density at radius 3 is 2.79 bits per heavy atom. The number of fused-ring (bicyclic) bond motifs is 2. The van der Waals surface area contributed by atoms with Crippen molar-refractivity contribution in [2.75, 3.05) is 19.7 Å². The zero-order chi connectivity index (χ0) is 19.9. The first kappa shape index (κ1) is 22.2. The fourth-order valence-corrected chi connectivity index (χ4v) is 5.20. The molecular formula is C20H30ClN5O2S. The maximum absolute atomic E-state index is 12.9. The summed E-state index contributed by atoms with van der Waals surface area (Å²) in [7, 11) is 0. The summed E-state index contributed by atoms with van der Waals surface area (Å²) in [6.07, 6.45) is 2.69.